The molecule has 0 radical (unpaired) electrons. The first-order valence-electron chi connectivity index (χ1n) is 6.16. The predicted octanol–water partition coefficient (Wildman–Crippen LogP) is 3.95. The quantitative estimate of drug-likeness (QED) is 0.757. The van der Waals surface area contributed by atoms with Crippen LogP contribution < -0.4 is 0 Å². The Morgan fingerprint density at radius 3 is 2.62 bits per heavy atom. The summed E-state index contributed by atoms with van der Waals surface area (Å²) in [5.41, 5.74) is 0.468. The van der Waals surface area contributed by atoms with Crippen LogP contribution in [0.25, 0.3) is 0 Å². The number of halogens is 3. The third-order valence-corrected chi connectivity index (χ3v) is 6.42. The maximum Gasteiger partial charge on any atom is 0.199 e. The molecule has 0 aliphatic carbocycles. The maximum atomic E-state index is 12.4. The molecule has 0 N–H and O–H groups in total. The average molecular weight is 371 g/mol. The van der Waals surface area contributed by atoms with E-state index >= 15 is 0 Å². The van der Waals surface area contributed by atoms with Gasteiger partial charge in [0.2, 0.25) is 0 Å². The van der Waals surface area contributed by atoms with Crippen molar-refractivity contribution in [2.45, 2.75) is 31.6 Å². The van der Waals surface area contributed by atoms with Gasteiger partial charge in [0, 0.05) is 6.42 Å². The van der Waals surface area contributed by atoms with Gasteiger partial charge >= 0.3 is 0 Å². The molecule has 0 aromatic heterocycles. The molecule has 21 heavy (non-hydrogen) atoms. The van der Waals surface area contributed by atoms with E-state index in [1.807, 2.05) is 0 Å². The van der Waals surface area contributed by atoms with Crippen LogP contribution in [0.5, 0.6) is 0 Å². The van der Waals surface area contributed by atoms with Crippen molar-refractivity contribution < 1.29 is 13.3 Å². The first-order chi connectivity index (χ1) is 9.68. The van der Waals surface area contributed by atoms with E-state index < -0.39 is 15.4 Å². The Labute approximate surface area is 138 Å². The van der Waals surface area contributed by atoms with Crippen LogP contribution in [0.2, 0.25) is 10.0 Å². The highest BCUT2D eigenvalue weighted by atomic mass is 35.5. The highest BCUT2D eigenvalue weighted by molar-refractivity contribution is 8.05. The second-order valence-corrected chi connectivity index (χ2v) is 8.28. The molecule has 1 aromatic rings. The largest absolute Gasteiger partial charge is 0.387 e. The van der Waals surface area contributed by atoms with Crippen molar-refractivity contribution in [1.29, 1.82) is 0 Å². The fourth-order valence-corrected chi connectivity index (χ4v) is 4.02. The number of hydrogen-bond donors (Lipinski definition) is 0. The molecule has 0 saturated heterocycles. The van der Waals surface area contributed by atoms with E-state index in [1.165, 1.54) is 0 Å². The Hall–Kier alpha value is -0.490. The van der Waals surface area contributed by atoms with Crippen molar-refractivity contribution >= 4 is 49.7 Å². The molecular weight excluding hydrogens is 357 g/mol. The molecule has 8 heteroatoms. The highest BCUT2D eigenvalue weighted by Gasteiger charge is 2.39. The van der Waals surface area contributed by atoms with Crippen LogP contribution in [0.4, 0.5) is 0 Å². The number of rotatable bonds is 3. The minimum atomic E-state index is -3.58. The first kappa shape index (κ1) is 16.9. The maximum absolute atomic E-state index is 12.4. The number of oxime groups is 1. The number of benzene rings is 1. The second kappa shape index (κ2) is 5.95. The Bertz CT molecular complexity index is 703. The second-order valence-electron chi connectivity index (χ2n) is 5.24. The number of sulfone groups is 1. The smallest absolute Gasteiger partial charge is 0.199 e. The van der Waals surface area contributed by atoms with Crippen LogP contribution in [-0.4, -0.2) is 24.9 Å². The minimum absolute atomic E-state index is 0.0103. The zero-order chi connectivity index (χ0) is 15.8. The van der Waals surface area contributed by atoms with Gasteiger partial charge in [0.15, 0.2) is 20.5 Å². The van der Waals surface area contributed by atoms with Crippen LogP contribution in [0, 0.1) is 6.92 Å². The predicted molar refractivity (Wildman–Crippen MR) is 86.1 cm³/mol. The van der Waals surface area contributed by atoms with E-state index in [9.17, 15) is 8.42 Å². The molecule has 116 valence electrons. The Morgan fingerprint density at radius 2 is 2.05 bits per heavy atom. The molecule has 0 bridgehead atoms. The summed E-state index contributed by atoms with van der Waals surface area (Å²) in [6.45, 7) is 3.45. The normalized spacial score (nSPS) is 22.0. The SMILES string of the molecule is Cc1c(CS(=O)(=O)C2=NOC(C)(CCl)C2)ccc(Cl)c1Cl. The highest BCUT2D eigenvalue weighted by Crippen LogP contribution is 2.31. The van der Waals surface area contributed by atoms with Crippen molar-refractivity contribution in [3.63, 3.8) is 0 Å². The molecule has 1 atom stereocenters. The van der Waals surface area contributed by atoms with Crippen molar-refractivity contribution in [1.82, 2.24) is 0 Å². The topological polar surface area (TPSA) is 55.7 Å². The van der Waals surface area contributed by atoms with Crippen LogP contribution in [0.3, 0.4) is 0 Å². The molecule has 0 fully saturated rings. The molecule has 1 aliphatic rings. The molecule has 1 heterocycles. The van der Waals surface area contributed by atoms with Gasteiger partial charge in [0.05, 0.1) is 21.7 Å². The van der Waals surface area contributed by atoms with E-state index in [1.54, 1.807) is 26.0 Å². The fraction of sp³-hybridized carbons (Fsp3) is 0.462. The monoisotopic (exact) mass is 369 g/mol. The third kappa shape index (κ3) is 3.47. The summed E-state index contributed by atoms with van der Waals surface area (Å²) in [4.78, 5) is 5.13. The summed E-state index contributed by atoms with van der Waals surface area (Å²) in [7, 11) is -3.58. The number of hydrogen-bond acceptors (Lipinski definition) is 4. The van der Waals surface area contributed by atoms with E-state index in [2.05, 4.69) is 5.16 Å². The molecule has 1 unspecified atom stereocenters. The van der Waals surface area contributed by atoms with Gasteiger partial charge in [-0.05, 0) is 31.0 Å². The molecule has 1 aromatic carbocycles. The Balaban J connectivity index is 2.26. The van der Waals surface area contributed by atoms with Gasteiger partial charge in [0.1, 0.15) is 0 Å². The Kier molecular flexibility index (Phi) is 4.78. The summed E-state index contributed by atoms with van der Waals surface area (Å²) in [6, 6.07) is 3.23. The van der Waals surface area contributed by atoms with Crippen LogP contribution in [-0.2, 0) is 20.4 Å². The van der Waals surface area contributed by atoms with Gasteiger partial charge in [-0.2, -0.15) is 0 Å². The van der Waals surface area contributed by atoms with Crippen molar-refractivity contribution in [3.8, 4) is 0 Å². The van der Waals surface area contributed by atoms with E-state index in [4.69, 9.17) is 39.6 Å². The zero-order valence-corrected chi connectivity index (χ0v) is 14.6. The lowest BCUT2D eigenvalue weighted by Gasteiger charge is -2.16. The van der Waals surface area contributed by atoms with Crippen LogP contribution in [0.15, 0.2) is 17.3 Å². The fourth-order valence-electron chi connectivity index (χ4n) is 1.92. The molecule has 2 rings (SSSR count). The van der Waals surface area contributed by atoms with Crippen LogP contribution >= 0.6 is 34.8 Å². The molecule has 1 aliphatic heterocycles. The summed E-state index contributed by atoms with van der Waals surface area (Å²) < 4.78 is 24.8. The van der Waals surface area contributed by atoms with Crippen LogP contribution in [0.1, 0.15) is 24.5 Å². The van der Waals surface area contributed by atoms with E-state index in [0.29, 0.717) is 21.2 Å². The standard InChI is InChI=1S/C13H14Cl3NO3S/c1-8-9(3-4-10(15)12(8)16)6-21(18,19)11-5-13(2,7-14)20-17-11/h3-4H,5-7H2,1-2H3. The lowest BCUT2D eigenvalue weighted by molar-refractivity contribution is 0.0152. The lowest BCUT2D eigenvalue weighted by atomic mass is 10.1. The van der Waals surface area contributed by atoms with Gasteiger partial charge in [-0.15, -0.1) is 11.6 Å². The molecule has 4 nitrogen and oxygen atoms in total. The van der Waals surface area contributed by atoms with Crippen molar-refractivity contribution in [3.05, 3.63) is 33.3 Å². The van der Waals surface area contributed by atoms with Gasteiger partial charge in [-0.3, -0.25) is 0 Å². The van der Waals surface area contributed by atoms with Crippen molar-refractivity contribution in [2.75, 3.05) is 5.88 Å². The summed E-state index contributed by atoms with van der Waals surface area (Å²) >= 11 is 17.7. The Morgan fingerprint density at radius 1 is 1.38 bits per heavy atom. The minimum Gasteiger partial charge on any atom is -0.387 e. The third-order valence-electron chi connectivity index (χ3n) is 3.33. The molecular formula is C13H14Cl3NO3S. The van der Waals surface area contributed by atoms with E-state index in [-0.39, 0.29) is 23.1 Å². The van der Waals surface area contributed by atoms with E-state index in [0.717, 1.165) is 0 Å². The van der Waals surface area contributed by atoms with Gasteiger partial charge in [-0.25, -0.2) is 8.42 Å². The summed E-state index contributed by atoms with van der Waals surface area (Å²) in [5, 5.41) is 4.45. The van der Waals surface area contributed by atoms with Gasteiger partial charge in [-0.1, -0.05) is 34.4 Å². The number of nitrogens with zero attached hydrogens (tertiary/aromatic N) is 1. The van der Waals surface area contributed by atoms with Crippen molar-refractivity contribution in [2.24, 2.45) is 5.16 Å². The molecule has 0 spiro atoms. The van der Waals surface area contributed by atoms with Gasteiger partial charge < -0.3 is 4.84 Å². The molecule has 0 saturated carbocycles. The summed E-state index contributed by atoms with van der Waals surface area (Å²) in [5.74, 6) is -0.0302. The lowest BCUT2D eigenvalue weighted by Crippen LogP contribution is -2.28. The molecule has 0 amide bonds. The zero-order valence-electron chi connectivity index (χ0n) is 11.5. The number of alkyl halides is 1. The van der Waals surface area contributed by atoms with Gasteiger partial charge in [0.25, 0.3) is 0 Å². The summed E-state index contributed by atoms with van der Waals surface area (Å²) in [6.07, 6.45) is 0.166. The average Bonchev–Trinajstić information content (AvgIpc) is 2.84. The first-order valence-corrected chi connectivity index (χ1v) is 9.10.